The summed E-state index contributed by atoms with van der Waals surface area (Å²) in [7, 11) is 0. The molecule has 0 saturated carbocycles. The molecule has 2 aromatic rings. The summed E-state index contributed by atoms with van der Waals surface area (Å²) in [5, 5.41) is 0. The van der Waals surface area contributed by atoms with Gasteiger partial charge in [0.1, 0.15) is 0 Å². The van der Waals surface area contributed by atoms with Crippen LogP contribution in [0.2, 0.25) is 0 Å². The number of hydrogen-bond donors (Lipinski definition) is 0. The van der Waals surface area contributed by atoms with Crippen molar-refractivity contribution in [3.05, 3.63) is 65.2 Å². The van der Waals surface area contributed by atoms with E-state index in [4.69, 9.17) is 0 Å². The van der Waals surface area contributed by atoms with E-state index in [-0.39, 0.29) is 11.0 Å². The Morgan fingerprint density at radius 3 is 2.21 bits per heavy atom. The molecule has 0 radical (unpaired) electrons. The van der Waals surface area contributed by atoms with Gasteiger partial charge in [-0.15, -0.1) is 0 Å². The van der Waals surface area contributed by atoms with E-state index in [1.807, 2.05) is 0 Å². The Bertz CT molecular complexity index is 714. The highest BCUT2D eigenvalue weighted by Gasteiger charge is 2.47. The molecule has 0 spiro atoms. The van der Waals surface area contributed by atoms with Gasteiger partial charge in [-0.05, 0) is 49.8 Å². The molecule has 1 unspecified atom stereocenters. The first-order valence-corrected chi connectivity index (χ1v) is 9.17. The van der Waals surface area contributed by atoms with E-state index in [1.165, 1.54) is 28.8 Å². The fraction of sp³-hybridized carbons (Fsp3) is 0.478. The number of aryl methyl sites for hydroxylation is 1. The van der Waals surface area contributed by atoms with Gasteiger partial charge in [0.15, 0.2) is 0 Å². The van der Waals surface area contributed by atoms with Crippen LogP contribution in [0.25, 0.3) is 0 Å². The highest BCUT2D eigenvalue weighted by Crippen LogP contribution is 2.47. The molecule has 2 aromatic carbocycles. The molecule has 3 rings (SSSR count). The smallest absolute Gasteiger partial charge is 0.0435 e. The number of rotatable bonds is 3. The van der Waals surface area contributed by atoms with Crippen LogP contribution in [0.4, 0.5) is 5.69 Å². The molecule has 1 aliphatic rings. The molecule has 1 heterocycles. The monoisotopic (exact) mass is 321 g/mol. The molecule has 1 fully saturated rings. The summed E-state index contributed by atoms with van der Waals surface area (Å²) < 4.78 is 0. The Hall–Kier alpha value is -1.76. The van der Waals surface area contributed by atoms with Crippen molar-refractivity contribution in [3.8, 4) is 0 Å². The maximum Gasteiger partial charge on any atom is 0.0435 e. The fourth-order valence-corrected chi connectivity index (χ4v) is 4.60. The second kappa shape index (κ2) is 5.95. The van der Waals surface area contributed by atoms with Crippen LogP contribution in [0.5, 0.6) is 0 Å². The standard InChI is InChI=1S/C23H31N/c1-17(2)20-14-10-11-18(3)21(20)24-16-23(6,15-22(24,4)5)19-12-8-7-9-13-19/h7-14,17H,15-16H2,1-6H3. The van der Waals surface area contributed by atoms with Crippen molar-refractivity contribution in [3.63, 3.8) is 0 Å². The molecule has 0 aliphatic carbocycles. The molecule has 0 N–H and O–H groups in total. The van der Waals surface area contributed by atoms with Crippen LogP contribution in [-0.2, 0) is 5.41 Å². The van der Waals surface area contributed by atoms with Crippen molar-refractivity contribution in [2.24, 2.45) is 0 Å². The molecule has 1 atom stereocenters. The topological polar surface area (TPSA) is 3.24 Å². The third kappa shape index (κ3) is 2.85. The Morgan fingerprint density at radius 1 is 0.917 bits per heavy atom. The predicted molar refractivity (Wildman–Crippen MR) is 105 cm³/mol. The molecule has 24 heavy (non-hydrogen) atoms. The molecule has 1 aliphatic heterocycles. The minimum atomic E-state index is 0.153. The van der Waals surface area contributed by atoms with E-state index >= 15 is 0 Å². The second-order valence-corrected chi connectivity index (χ2v) is 8.67. The average molecular weight is 322 g/mol. The van der Waals surface area contributed by atoms with Crippen molar-refractivity contribution in [2.45, 2.75) is 64.8 Å². The first kappa shape index (κ1) is 17.1. The quantitative estimate of drug-likeness (QED) is 0.663. The Balaban J connectivity index is 2.07. The molecule has 0 aromatic heterocycles. The lowest BCUT2D eigenvalue weighted by atomic mass is 9.78. The normalized spacial score (nSPS) is 23.0. The summed E-state index contributed by atoms with van der Waals surface area (Å²) >= 11 is 0. The molecule has 0 bridgehead atoms. The number of hydrogen-bond acceptors (Lipinski definition) is 1. The molecule has 1 heteroatoms. The van der Waals surface area contributed by atoms with Crippen LogP contribution in [-0.4, -0.2) is 12.1 Å². The number of anilines is 1. The average Bonchev–Trinajstić information content (AvgIpc) is 2.78. The van der Waals surface area contributed by atoms with Crippen molar-refractivity contribution in [2.75, 3.05) is 11.4 Å². The van der Waals surface area contributed by atoms with Crippen molar-refractivity contribution < 1.29 is 0 Å². The highest BCUT2D eigenvalue weighted by molar-refractivity contribution is 5.64. The first-order valence-electron chi connectivity index (χ1n) is 9.17. The zero-order valence-electron chi connectivity index (χ0n) is 16.1. The van der Waals surface area contributed by atoms with Crippen LogP contribution in [0.1, 0.15) is 63.6 Å². The third-order valence-electron chi connectivity index (χ3n) is 5.69. The van der Waals surface area contributed by atoms with Gasteiger partial charge < -0.3 is 4.90 Å². The second-order valence-electron chi connectivity index (χ2n) is 8.67. The van der Waals surface area contributed by atoms with E-state index in [2.05, 4.69) is 95.0 Å². The van der Waals surface area contributed by atoms with Crippen molar-refractivity contribution in [1.82, 2.24) is 0 Å². The third-order valence-corrected chi connectivity index (χ3v) is 5.69. The van der Waals surface area contributed by atoms with Crippen LogP contribution >= 0.6 is 0 Å². The van der Waals surface area contributed by atoms with E-state index in [1.54, 1.807) is 0 Å². The summed E-state index contributed by atoms with van der Waals surface area (Å²) in [5.74, 6) is 0.541. The van der Waals surface area contributed by atoms with Crippen molar-refractivity contribution >= 4 is 5.69 Å². The molecule has 1 nitrogen and oxygen atoms in total. The van der Waals surface area contributed by atoms with Gasteiger partial charge >= 0.3 is 0 Å². The summed E-state index contributed by atoms with van der Waals surface area (Å²) in [6, 6.07) is 17.8. The van der Waals surface area contributed by atoms with Crippen LogP contribution in [0.15, 0.2) is 48.5 Å². The number of para-hydroxylation sites is 1. The maximum atomic E-state index is 2.67. The van der Waals surface area contributed by atoms with Crippen LogP contribution in [0, 0.1) is 6.92 Å². The largest absolute Gasteiger partial charge is 0.365 e. The minimum Gasteiger partial charge on any atom is -0.365 e. The zero-order valence-corrected chi connectivity index (χ0v) is 16.1. The lowest BCUT2D eigenvalue weighted by molar-refractivity contribution is 0.444. The van der Waals surface area contributed by atoms with Crippen LogP contribution in [0.3, 0.4) is 0 Å². The maximum absolute atomic E-state index is 2.67. The van der Waals surface area contributed by atoms with Gasteiger partial charge in [-0.3, -0.25) is 0 Å². The fourth-order valence-electron chi connectivity index (χ4n) is 4.60. The van der Waals surface area contributed by atoms with Gasteiger partial charge in [-0.25, -0.2) is 0 Å². The van der Waals surface area contributed by atoms with Gasteiger partial charge in [0.2, 0.25) is 0 Å². The summed E-state index contributed by atoms with van der Waals surface area (Å²) in [6.45, 7) is 15.2. The summed E-state index contributed by atoms with van der Waals surface area (Å²) in [6.07, 6.45) is 1.18. The van der Waals surface area contributed by atoms with Gasteiger partial charge in [0.05, 0.1) is 0 Å². The van der Waals surface area contributed by atoms with Crippen molar-refractivity contribution in [1.29, 1.82) is 0 Å². The summed E-state index contributed by atoms with van der Waals surface area (Å²) in [5.41, 5.74) is 6.13. The minimum absolute atomic E-state index is 0.153. The Morgan fingerprint density at radius 2 is 1.58 bits per heavy atom. The van der Waals surface area contributed by atoms with Gasteiger partial charge in [-0.1, -0.05) is 69.3 Å². The Kier molecular flexibility index (Phi) is 4.23. The molecular formula is C23H31N. The first-order chi connectivity index (χ1) is 11.2. The van der Waals surface area contributed by atoms with E-state index < -0.39 is 0 Å². The molecule has 0 amide bonds. The van der Waals surface area contributed by atoms with E-state index in [0.29, 0.717) is 5.92 Å². The molecule has 1 saturated heterocycles. The zero-order chi connectivity index (χ0) is 17.5. The predicted octanol–water partition coefficient (Wildman–Crippen LogP) is 6.07. The lowest BCUT2D eigenvalue weighted by Gasteiger charge is -2.37. The molecular weight excluding hydrogens is 290 g/mol. The van der Waals surface area contributed by atoms with Crippen LogP contribution < -0.4 is 4.90 Å². The number of benzene rings is 2. The molecule has 128 valence electrons. The van der Waals surface area contributed by atoms with E-state index in [9.17, 15) is 0 Å². The van der Waals surface area contributed by atoms with Gasteiger partial charge in [-0.2, -0.15) is 0 Å². The van der Waals surface area contributed by atoms with E-state index in [0.717, 1.165) is 6.54 Å². The summed E-state index contributed by atoms with van der Waals surface area (Å²) in [4.78, 5) is 2.67. The van der Waals surface area contributed by atoms with Gasteiger partial charge in [0.25, 0.3) is 0 Å². The lowest BCUT2D eigenvalue weighted by Crippen LogP contribution is -2.39. The highest BCUT2D eigenvalue weighted by atomic mass is 15.2. The Labute approximate surface area is 147 Å². The number of nitrogens with zero attached hydrogens (tertiary/aromatic N) is 1. The SMILES string of the molecule is Cc1cccc(C(C)C)c1N1CC(C)(c2ccccc2)CC1(C)C. The van der Waals surface area contributed by atoms with Gasteiger partial charge in [0, 0.05) is 23.2 Å².